The SMILES string of the molecule is Cc1cc(-c2csc(NC(=O)c3ccc4ccccc4c3)n2)c(C)n1C[C@@H]1CCCO1. The molecule has 2 aromatic heterocycles. The summed E-state index contributed by atoms with van der Waals surface area (Å²) in [7, 11) is 0. The van der Waals surface area contributed by atoms with E-state index < -0.39 is 0 Å². The van der Waals surface area contributed by atoms with Crippen LogP contribution in [0, 0.1) is 13.8 Å². The van der Waals surface area contributed by atoms with E-state index in [4.69, 9.17) is 9.72 Å². The van der Waals surface area contributed by atoms with Crippen molar-refractivity contribution in [2.24, 2.45) is 0 Å². The van der Waals surface area contributed by atoms with Crippen LogP contribution < -0.4 is 5.32 Å². The molecule has 2 aromatic carbocycles. The highest BCUT2D eigenvalue weighted by Gasteiger charge is 2.20. The van der Waals surface area contributed by atoms with Gasteiger partial charge in [0.2, 0.25) is 0 Å². The standard InChI is InChI=1S/C25H25N3O2S/c1-16-12-22(17(2)28(16)14-21-8-5-11-30-21)23-15-31-25(26-23)27-24(29)20-10-9-18-6-3-4-7-19(18)13-20/h3-4,6-7,9-10,12-13,15,21H,5,8,11,14H2,1-2H3,(H,26,27,29)/t21-/m0/s1. The Morgan fingerprint density at radius 1 is 1.19 bits per heavy atom. The van der Waals surface area contributed by atoms with Gasteiger partial charge >= 0.3 is 0 Å². The smallest absolute Gasteiger partial charge is 0.257 e. The zero-order chi connectivity index (χ0) is 21.4. The van der Waals surface area contributed by atoms with Crippen molar-refractivity contribution in [3.63, 3.8) is 0 Å². The lowest BCUT2D eigenvalue weighted by Crippen LogP contribution is -2.16. The topological polar surface area (TPSA) is 56.2 Å². The lowest BCUT2D eigenvalue weighted by molar-refractivity contribution is 0.0962. The van der Waals surface area contributed by atoms with Crippen molar-refractivity contribution in [2.75, 3.05) is 11.9 Å². The summed E-state index contributed by atoms with van der Waals surface area (Å²) in [6.45, 7) is 6.00. The van der Waals surface area contributed by atoms with E-state index in [0.29, 0.717) is 16.8 Å². The Morgan fingerprint density at radius 2 is 2.03 bits per heavy atom. The van der Waals surface area contributed by atoms with Crippen molar-refractivity contribution in [1.82, 2.24) is 9.55 Å². The fourth-order valence-electron chi connectivity index (χ4n) is 4.29. The number of hydrogen-bond donors (Lipinski definition) is 1. The maximum absolute atomic E-state index is 12.8. The fourth-order valence-corrected chi connectivity index (χ4v) is 4.99. The third-order valence-electron chi connectivity index (χ3n) is 6.00. The first-order valence-electron chi connectivity index (χ1n) is 10.6. The fraction of sp³-hybridized carbons (Fsp3) is 0.280. The summed E-state index contributed by atoms with van der Waals surface area (Å²) in [6.07, 6.45) is 2.56. The number of hydrogen-bond acceptors (Lipinski definition) is 4. The van der Waals surface area contributed by atoms with Gasteiger partial charge in [0.15, 0.2) is 5.13 Å². The van der Waals surface area contributed by atoms with E-state index in [1.165, 1.54) is 22.7 Å². The molecule has 1 fully saturated rings. The number of ether oxygens (including phenoxy) is 1. The first-order valence-corrected chi connectivity index (χ1v) is 11.5. The highest BCUT2D eigenvalue weighted by atomic mass is 32.1. The van der Waals surface area contributed by atoms with E-state index in [0.717, 1.165) is 48.0 Å². The number of anilines is 1. The van der Waals surface area contributed by atoms with Crippen molar-refractivity contribution in [2.45, 2.75) is 39.3 Å². The van der Waals surface area contributed by atoms with Gasteiger partial charge in [-0.2, -0.15) is 0 Å². The van der Waals surface area contributed by atoms with Crippen LogP contribution in [0.15, 0.2) is 53.9 Å². The third-order valence-corrected chi connectivity index (χ3v) is 6.75. The molecule has 4 aromatic rings. The van der Waals surface area contributed by atoms with Gasteiger partial charge in [-0.1, -0.05) is 30.3 Å². The van der Waals surface area contributed by atoms with Gasteiger partial charge in [-0.05, 0) is 55.7 Å². The lowest BCUT2D eigenvalue weighted by Gasteiger charge is -2.14. The van der Waals surface area contributed by atoms with E-state index >= 15 is 0 Å². The molecule has 0 spiro atoms. The molecule has 5 nitrogen and oxygen atoms in total. The number of carbonyl (C=O) groups is 1. The minimum absolute atomic E-state index is 0.143. The normalized spacial score (nSPS) is 16.1. The summed E-state index contributed by atoms with van der Waals surface area (Å²) < 4.78 is 8.13. The van der Waals surface area contributed by atoms with E-state index in [-0.39, 0.29) is 5.91 Å². The van der Waals surface area contributed by atoms with Crippen LogP contribution in [-0.2, 0) is 11.3 Å². The van der Waals surface area contributed by atoms with Gasteiger partial charge in [-0.15, -0.1) is 11.3 Å². The Balaban J connectivity index is 1.34. The van der Waals surface area contributed by atoms with E-state index in [2.05, 4.69) is 29.8 Å². The summed E-state index contributed by atoms with van der Waals surface area (Å²) in [5.41, 5.74) is 5.03. The number of benzene rings is 2. The predicted molar refractivity (Wildman–Crippen MR) is 126 cm³/mol. The average Bonchev–Trinajstić information content (AvgIpc) is 3.52. The highest BCUT2D eigenvalue weighted by Crippen LogP contribution is 2.31. The minimum atomic E-state index is -0.143. The van der Waals surface area contributed by atoms with Gasteiger partial charge < -0.3 is 9.30 Å². The molecule has 1 aliphatic rings. The molecule has 31 heavy (non-hydrogen) atoms. The highest BCUT2D eigenvalue weighted by molar-refractivity contribution is 7.14. The minimum Gasteiger partial charge on any atom is -0.376 e. The number of thiazole rings is 1. The molecular weight excluding hydrogens is 406 g/mol. The van der Waals surface area contributed by atoms with Crippen molar-refractivity contribution in [3.8, 4) is 11.3 Å². The first-order chi connectivity index (χ1) is 15.1. The average molecular weight is 432 g/mol. The summed E-state index contributed by atoms with van der Waals surface area (Å²) in [5.74, 6) is -0.143. The molecule has 158 valence electrons. The summed E-state index contributed by atoms with van der Waals surface area (Å²) >= 11 is 1.45. The molecule has 0 aliphatic carbocycles. The van der Waals surface area contributed by atoms with Gasteiger partial charge in [-0.3, -0.25) is 10.1 Å². The number of carbonyl (C=O) groups excluding carboxylic acids is 1. The number of nitrogens with one attached hydrogen (secondary N) is 1. The van der Waals surface area contributed by atoms with Gasteiger partial charge in [0.05, 0.1) is 11.8 Å². The maximum atomic E-state index is 12.8. The predicted octanol–water partition coefficient (Wildman–Crippen LogP) is 5.81. The second kappa shape index (κ2) is 8.29. The Hall–Kier alpha value is -2.96. The number of fused-ring (bicyclic) bond motifs is 1. The van der Waals surface area contributed by atoms with Crippen LogP contribution in [0.4, 0.5) is 5.13 Å². The number of amides is 1. The van der Waals surface area contributed by atoms with Crippen molar-refractivity contribution < 1.29 is 9.53 Å². The van der Waals surface area contributed by atoms with E-state index in [9.17, 15) is 4.79 Å². The number of aromatic nitrogens is 2. The molecule has 0 unspecified atom stereocenters. The van der Waals surface area contributed by atoms with Crippen molar-refractivity contribution >= 4 is 33.1 Å². The van der Waals surface area contributed by atoms with Crippen LogP contribution in [0.2, 0.25) is 0 Å². The molecule has 1 N–H and O–H groups in total. The Labute approximate surface area is 185 Å². The maximum Gasteiger partial charge on any atom is 0.257 e. The van der Waals surface area contributed by atoms with Crippen LogP contribution in [-0.4, -0.2) is 28.2 Å². The Bertz CT molecular complexity index is 1250. The molecule has 1 atom stereocenters. The second-order valence-corrected chi connectivity index (χ2v) is 8.94. The number of aryl methyl sites for hydroxylation is 1. The van der Waals surface area contributed by atoms with Crippen molar-refractivity contribution in [1.29, 1.82) is 0 Å². The second-order valence-electron chi connectivity index (χ2n) is 8.08. The molecule has 1 aliphatic heterocycles. The lowest BCUT2D eigenvalue weighted by atomic mass is 10.1. The van der Waals surface area contributed by atoms with E-state index in [1.807, 2.05) is 47.8 Å². The molecule has 0 saturated carbocycles. The number of rotatable bonds is 5. The molecule has 5 rings (SSSR count). The monoisotopic (exact) mass is 431 g/mol. The summed E-state index contributed by atoms with van der Waals surface area (Å²) in [5, 5.41) is 7.74. The zero-order valence-corrected chi connectivity index (χ0v) is 18.5. The molecular formula is C25H25N3O2S. The molecule has 1 saturated heterocycles. The van der Waals surface area contributed by atoms with Gasteiger partial charge in [0.1, 0.15) is 0 Å². The summed E-state index contributed by atoms with van der Waals surface area (Å²) in [6, 6.07) is 15.9. The largest absolute Gasteiger partial charge is 0.376 e. The zero-order valence-electron chi connectivity index (χ0n) is 17.7. The molecule has 0 bridgehead atoms. The van der Waals surface area contributed by atoms with Crippen LogP contribution in [0.3, 0.4) is 0 Å². The Morgan fingerprint density at radius 3 is 2.84 bits per heavy atom. The first kappa shape index (κ1) is 20.0. The molecule has 6 heteroatoms. The Kier molecular flexibility index (Phi) is 5.34. The molecule has 1 amide bonds. The van der Waals surface area contributed by atoms with Gasteiger partial charge in [-0.25, -0.2) is 4.98 Å². The number of nitrogens with zero attached hydrogens (tertiary/aromatic N) is 2. The van der Waals surface area contributed by atoms with Crippen LogP contribution in [0.1, 0.15) is 34.6 Å². The third kappa shape index (κ3) is 4.01. The van der Waals surface area contributed by atoms with Crippen molar-refractivity contribution in [3.05, 3.63) is 70.9 Å². The molecule has 0 radical (unpaired) electrons. The summed E-state index contributed by atoms with van der Waals surface area (Å²) in [4.78, 5) is 17.5. The quantitative estimate of drug-likeness (QED) is 0.434. The van der Waals surface area contributed by atoms with Gasteiger partial charge in [0, 0.05) is 41.0 Å². The van der Waals surface area contributed by atoms with Crippen LogP contribution >= 0.6 is 11.3 Å². The molecule has 3 heterocycles. The van der Waals surface area contributed by atoms with E-state index in [1.54, 1.807) is 0 Å². The van der Waals surface area contributed by atoms with Gasteiger partial charge in [0.25, 0.3) is 5.91 Å². The van der Waals surface area contributed by atoms with Crippen LogP contribution in [0.25, 0.3) is 22.0 Å². The van der Waals surface area contributed by atoms with Crippen LogP contribution in [0.5, 0.6) is 0 Å².